The number of likely N-dealkylation sites (N-methyl/N-ethyl adjacent to an activating group) is 1. The summed E-state index contributed by atoms with van der Waals surface area (Å²) < 4.78 is 0. The van der Waals surface area contributed by atoms with Crippen molar-refractivity contribution in [3.05, 3.63) is 82.6 Å². The van der Waals surface area contributed by atoms with Crippen LogP contribution in [-0.4, -0.2) is 47.8 Å². The highest BCUT2D eigenvalue weighted by Gasteiger charge is 2.43. The van der Waals surface area contributed by atoms with Crippen LogP contribution in [0.5, 0.6) is 0 Å². The second-order valence-corrected chi connectivity index (χ2v) is 9.60. The fourth-order valence-electron chi connectivity index (χ4n) is 4.20. The first kappa shape index (κ1) is 22.6. The zero-order chi connectivity index (χ0) is 23.8. The number of nitrogens with zero attached hydrogens (tertiary/aromatic N) is 2. The third kappa shape index (κ3) is 4.62. The Hall–Kier alpha value is -3.61. The van der Waals surface area contributed by atoms with Gasteiger partial charge in [0.25, 0.3) is 5.91 Å². The molecule has 0 radical (unpaired) electrons. The summed E-state index contributed by atoms with van der Waals surface area (Å²) in [5, 5.41) is 5.81. The molecule has 2 heterocycles. The second-order valence-electron chi connectivity index (χ2n) is 9.60. The summed E-state index contributed by atoms with van der Waals surface area (Å²) in [6.07, 6.45) is 0. The first-order valence-corrected chi connectivity index (χ1v) is 11.1. The Labute approximate surface area is 194 Å². The molecule has 2 aliphatic rings. The van der Waals surface area contributed by atoms with Gasteiger partial charge in [0, 0.05) is 13.6 Å². The van der Waals surface area contributed by atoms with Gasteiger partial charge < -0.3 is 15.5 Å². The quantitative estimate of drug-likeness (QED) is 0.741. The molecule has 2 N–H and O–H groups in total. The molecule has 2 aliphatic heterocycles. The molecule has 0 saturated carbocycles. The number of hydrogen-bond acceptors (Lipinski definition) is 3. The van der Waals surface area contributed by atoms with Crippen molar-refractivity contribution in [3.63, 3.8) is 0 Å². The number of amides is 4. The number of carbonyl (C=O) groups excluding carboxylic acids is 3. The maximum atomic E-state index is 13.3. The monoisotopic (exact) mass is 446 g/mol. The maximum absolute atomic E-state index is 13.3. The zero-order valence-corrected chi connectivity index (χ0v) is 19.5. The Kier molecular flexibility index (Phi) is 5.97. The lowest BCUT2D eigenvalue weighted by atomic mass is 9.85. The molecule has 0 unspecified atom stereocenters. The Morgan fingerprint density at radius 3 is 2.36 bits per heavy atom. The topological polar surface area (TPSA) is 81.8 Å². The van der Waals surface area contributed by atoms with E-state index in [2.05, 4.69) is 31.4 Å². The van der Waals surface area contributed by atoms with E-state index in [0.29, 0.717) is 17.8 Å². The van der Waals surface area contributed by atoms with Crippen LogP contribution < -0.4 is 10.6 Å². The number of carbonyl (C=O) groups is 3. The molecule has 33 heavy (non-hydrogen) atoms. The zero-order valence-electron chi connectivity index (χ0n) is 19.5. The second kappa shape index (κ2) is 8.73. The normalized spacial score (nSPS) is 18.4. The van der Waals surface area contributed by atoms with Gasteiger partial charge in [0.2, 0.25) is 5.91 Å². The molecule has 0 saturated heterocycles. The first-order chi connectivity index (χ1) is 15.6. The molecule has 0 spiro atoms. The van der Waals surface area contributed by atoms with Crippen molar-refractivity contribution in [2.75, 3.05) is 20.1 Å². The third-order valence-electron chi connectivity index (χ3n) is 6.21. The van der Waals surface area contributed by atoms with Gasteiger partial charge in [-0.3, -0.25) is 14.5 Å². The minimum atomic E-state index is -0.539. The van der Waals surface area contributed by atoms with E-state index in [1.807, 2.05) is 54.6 Å². The third-order valence-corrected chi connectivity index (χ3v) is 6.21. The van der Waals surface area contributed by atoms with E-state index in [0.717, 1.165) is 11.1 Å². The van der Waals surface area contributed by atoms with Gasteiger partial charge in [-0.25, -0.2) is 4.79 Å². The summed E-state index contributed by atoms with van der Waals surface area (Å²) in [6.45, 7) is 6.99. The number of nitrogens with one attached hydrogen (secondary N) is 2. The summed E-state index contributed by atoms with van der Waals surface area (Å²) in [5.41, 5.74) is 4.19. The van der Waals surface area contributed by atoms with Crippen LogP contribution in [-0.2, 0) is 21.5 Å². The van der Waals surface area contributed by atoms with E-state index >= 15 is 0 Å². The van der Waals surface area contributed by atoms with Crippen molar-refractivity contribution < 1.29 is 14.4 Å². The van der Waals surface area contributed by atoms with E-state index in [-0.39, 0.29) is 36.3 Å². The Bertz CT molecular complexity index is 1100. The number of urea groups is 1. The number of rotatable bonds is 5. The molecule has 1 atom stereocenters. The first-order valence-electron chi connectivity index (χ1n) is 11.1. The van der Waals surface area contributed by atoms with Crippen molar-refractivity contribution in [1.29, 1.82) is 0 Å². The summed E-state index contributed by atoms with van der Waals surface area (Å²) in [6, 6.07) is 16.8. The molecule has 7 heteroatoms. The fourth-order valence-corrected chi connectivity index (χ4v) is 4.20. The predicted octanol–water partition coefficient (Wildman–Crippen LogP) is 3.09. The standard InChI is InChI=1S/C26H30N4O3/c1-26(2,3)19-12-10-18(11-13-19)23-22-20(29(4)25(33)28-23)15-30(24(22)32)16-21(31)27-14-17-8-6-5-7-9-17/h5-13,23H,14-16H2,1-4H3,(H,27,31)(H,28,33)/t23-/m1/s1. The van der Waals surface area contributed by atoms with Gasteiger partial charge in [-0.15, -0.1) is 0 Å². The van der Waals surface area contributed by atoms with Crippen molar-refractivity contribution in [2.24, 2.45) is 0 Å². The van der Waals surface area contributed by atoms with Crippen molar-refractivity contribution in [1.82, 2.24) is 20.4 Å². The molecule has 7 nitrogen and oxygen atoms in total. The molecule has 4 rings (SSSR count). The molecular formula is C26H30N4O3. The molecule has 0 aliphatic carbocycles. The molecular weight excluding hydrogens is 416 g/mol. The van der Waals surface area contributed by atoms with Crippen molar-refractivity contribution in [3.8, 4) is 0 Å². The van der Waals surface area contributed by atoms with Gasteiger partial charge >= 0.3 is 6.03 Å². The van der Waals surface area contributed by atoms with E-state index in [9.17, 15) is 14.4 Å². The maximum Gasteiger partial charge on any atom is 0.322 e. The van der Waals surface area contributed by atoms with Gasteiger partial charge in [-0.1, -0.05) is 75.4 Å². The highest BCUT2D eigenvalue weighted by molar-refractivity contribution is 6.02. The van der Waals surface area contributed by atoms with E-state index in [1.54, 1.807) is 7.05 Å². The average molecular weight is 447 g/mol. The lowest BCUT2D eigenvalue weighted by molar-refractivity contribution is -0.132. The molecule has 0 aromatic heterocycles. The SMILES string of the molecule is CN1C(=O)N[C@H](c2ccc(C(C)(C)C)cc2)C2=C1CN(CC(=O)NCc1ccccc1)C2=O. The van der Waals surface area contributed by atoms with Crippen LogP contribution in [0, 0.1) is 0 Å². The Morgan fingerprint density at radius 1 is 1.06 bits per heavy atom. The minimum absolute atomic E-state index is 0.00603. The number of hydrogen-bond donors (Lipinski definition) is 2. The summed E-state index contributed by atoms with van der Waals surface area (Å²) in [7, 11) is 1.65. The van der Waals surface area contributed by atoms with Crippen LogP contribution in [0.1, 0.15) is 43.5 Å². The van der Waals surface area contributed by atoms with Crippen LogP contribution in [0.3, 0.4) is 0 Å². The summed E-state index contributed by atoms with van der Waals surface area (Å²) in [5.74, 6) is -0.461. The molecule has 2 aromatic rings. The molecule has 172 valence electrons. The van der Waals surface area contributed by atoms with Crippen molar-refractivity contribution in [2.45, 2.75) is 38.8 Å². The van der Waals surface area contributed by atoms with Crippen LogP contribution >= 0.6 is 0 Å². The van der Waals surface area contributed by atoms with Crippen LogP contribution in [0.4, 0.5) is 4.79 Å². The lowest BCUT2D eigenvalue weighted by Crippen LogP contribution is -2.45. The van der Waals surface area contributed by atoms with Crippen LogP contribution in [0.15, 0.2) is 65.9 Å². The van der Waals surface area contributed by atoms with E-state index in [4.69, 9.17) is 0 Å². The molecule has 0 fully saturated rings. The smallest absolute Gasteiger partial charge is 0.322 e. The number of benzene rings is 2. The molecule has 0 bridgehead atoms. The van der Waals surface area contributed by atoms with Crippen LogP contribution in [0.25, 0.3) is 0 Å². The van der Waals surface area contributed by atoms with Gasteiger partial charge in [0.1, 0.15) is 6.54 Å². The summed E-state index contributed by atoms with van der Waals surface area (Å²) in [4.78, 5) is 41.4. The van der Waals surface area contributed by atoms with Gasteiger partial charge in [-0.2, -0.15) is 0 Å². The van der Waals surface area contributed by atoms with Gasteiger partial charge in [0.15, 0.2) is 0 Å². The largest absolute Gasteiger partial charge is 0.350 e. The minimum Gasteiger partial charge on any atom is -0.350 e. The van der Waals surface area contributed by atoms with Gasteiger partial charge in [0.05, 0.1) is 23.9 Å². The Balaban J connectivity index is 1.50. The van der Waals surface area contributed by atoms with Crippen molar-refractivity contribution >= 4 is 17.8 Å². The fraction of sp³-hybridized carbons (Fsp3) is 0.346. The van der Waals surface area contributed by atoms with E-state index in [1.165, 1.54) is 15.4 Å². The van der Waals surface area contributed by atoms with Crippen LogP contribution in [0.2, 0.25) is 0 Å². The lowest BCUT2D eigenvalue weighted by Gasteiger charge is -2.31. The average Bonchev–Trinajstić information content (AvgIpc) is 3.11. The predicted molar refractivity (Wildman–Crippen MR) is 126 cm³/mol. The van der Waals surface area contributed by atoms with E-state index < -0.39 is 6.04 Å². The highest BCUT2D eigenvalue weighted by atomic mass is 16.2. The molecule has 4 amide bonds. The van der Waals surface area contributed by atoms with Gasteiger partial charge in [-0.05, 0) is 22.1 Å². The highest BCUT2D eigenvalue weighted by Crippen LogP contribution is 2.36. The Morgan fingerprint density at radius 2 is 1.73 bits per heavy atom. The molecule has 2 aromatic carbocycles. The summed E-state index contributed by atoms with van der Waals surface area (Å²) >= 11 is 0.